The number of imide groups is 1. The molecule has 0 aromatic heterocycles. The number of benzene rings is 1. The van der Waals surface area contributed by atoms with Crippen molar-refractivity contribution in [3.8, 4) is 0 Å². The second-order valence-corrected chi connectivity index (χ2v) is 6.47. The summed E-state index contributed by atoms with van der Waals surface area (Å²) in [4.78, 5) is 33.6. The van der Waals surface area contributed by atoms with Crippen LogP contribution < -0.4 is 15.4 Å². The van der Waals surface area contributed by atoms with Gasteiger partial charge in [0.25, 0.3) is 5.91 Å². The summed E-state index contributed by atoms with van der Waals surface area (Å²) < 4.78 is 44.2. The average molecular weight is 375 g/mol. The van der Waals surface area contributed by atoms with E-state index in [9.17, 15) is 27.2 Å². The van der Waals surface area contributed by atoms with E-state index >= 15 is 0 Å². The smallest absolute Gasteiger partial charge is 0.324 e. The van der Waals surface area contributed by atoms with Crippen LogP contribution in [0.15, 0.2) is 29.2 Å². The highest BCUT2D eigenvalue weighted by Crippen LogP contribution is 2.13. The molecule has 3 N–H and O–H groups in total. The van der Waals surface area contributed by atoms with Gasteiger partial charge in [0, 0.05) is 6.54 Å². The molecule has 0 fully saturated rings. The van der Waals surface area contributed by atoms with Crippen LogP contribution in [-0.2, 0) is 24.3 Å². The molecule has 138 valence electrons. The number of ether oxygens (including phenoxy) is 1. The van der Waals surface area contributed by atoms with E-state index < -0.39 is 51.3 Å². The number of carbonyl (C=O) groups is 3. The molecule has 1 rings (SSSR count). The second-order valence-electron chi connectivity index (χ2n) is 4.79. The van der Waals surface area contributed by atoms with Crippen molar-refractivity contribution in [2.45, 2.75) is 24.8 Å². The zero-order chi connectivity index (χ0) is 19.0. The van der Waals surface area contributed by atoms with Crippen molar-refractivity contribution < 1.29 is 31.9 Å². The van der Waals surface area contributed by atoms with Crippen molar-refractivity contribution in [3.63, 3.8) is 0 Å². The predicted octanol–water partition coefficient (Wildman–Crippen LogP) is -0.119. The summed E-state index contributed by atoms with van der Waals surface area (Å²) in [5.74, 6) is -2.92. The monoisotopic (exact) mass is 375 g/mol. The zero-order valence-electron chi connectivity index (χ0n) is 13.5. The highest BCUT2D eigenvalue weighted by molar-refractivity contribution is 7.89. The largest absolute Gasteiger partial charge is 0.454 e. The summed E-state index contributed by atoms with van der Waals surface area (Å²) in [6, 6.07) is 2.52. The van der Waals surface area contributed by atoms with Gasteiger partial charge in [0.05, 0.1) is 0 Å². The number of urea groups is 1. The first kappa shape index (κ1) is 20.5. The van der Waals surface area contributed by atoms with Crippen molar-refractivity contribution in [2.75, 3.05) is 13.2 Å². The molecule has 0 radical (unpaired) electrons. The third-order valence-corrected chi connectivity index (χ3v) is 4.32. The first-order valence-electron chi connectivity index (χ1n) is 7.18. The highest BCUT2D eigenvalue weighted by Gasteiger charge is 2.25. The summed E-state index contributed by atoms with van der Waals surface area (Å²) in [5, 5.41) is 4.21. The van der Waals surface area contributed by atoms with Gasteiger partial charge in [-0.3, -0.25) is 14.9 Å². The van der Waals surface area contributed by atoms with E-state index in [-0.39, 0.29) is 0 Å². The molecule has 0 saturated heterocycles. The number of rotatable bonds is 7. The molecule has 0 aliphatic carbocycles. The molecular formula is C14H18FN3O6S. The van der Waals surface area contributed by atoms with Crippen LogP contribution in [0.25, 0.3) is 0 Å². The first-order chi connectivity index (χ1) is 11.7. The molecule has 11 heteroatoms. The van der Waals surface area contributed by atoms with Gasteiger partial charge in [-0.15, -0.1) is 0 Å². The topological polar surface area (TPSA) is 131 Å². The lowest BCUT2D eigenvalue weighted by molar-refractivity contribution is -0.149. The SMILES string of the molecule is CCNC(=O)NC(=O)COC(=O)[C@H](C)NS(=O)(=O)c1ccccc1F. The van der Waals surface area contributed by atoms with Crippen molar-refractivity contribution in [3.05, 3.63) is 30.1 Å². The molecule has 1 aromatic rings. The average Bonchev–Trinajstić information content (AvgIpc) is 2.52. The summed E-state index contributed by atoms with van der Waals surface area (Å²) in [5.41, 5.74) is 0. The molecule has 0 aliphatic heterocycles. The van der Waals surface area contributed by atoms with E-state index in [1.165, 1.54) is 19.1 Å². The second kappa shape index (κ2) is 9.08. The fraction of sp³-hybridized carbons (Fsp3) is 0.357. The van der Waals surface area contributed by atoms with Gasteiger partial charge in [-0.25, -0.2) is 17.6 Å². The number of nitrogens with one attached hydrogen (secondary N) is 3. The Bertz CT molecular complexity index is 753. The quantitative estimate of drug-likeness (QED) is 0.570. The van der Waals surface area contributed by atoms with E-state index in [0.717, 1.165) is 12.1 Å². The Labute approximate surface area is 144 Å². The molecule has 25 heavy (non-hydrogen) atoms. The van der Waals surface area contributed by atoms with E-state index in [1.54, 1.807) is 6.92 Å². The van der Waals surface area contributed by atoms with Gasteiger partial charge in [-0.05, 0) is 26.0 Å². The number of sulfonamides is 1. The fourth-order valence-electron chi connectivity index (χ4n) is 1.64. The standard InChI is InChI=1S/C14H18FN3O6S/c1-3-16-14(21)17-12(19)8-24-13(20)9(2)18-25(22,23)11-7-5-4-6-10(11)15/h4-7,9,18H,3,8H2,1-2H3,(H2,16,17,19,21)/t9-/m0/s1. The Morgan fingerprint density at radius 1 is 1.24 bits per heavy atom. The zero-order valence-corrected chi connectivity index (χ0v) is 14.4. The van der Waals surface area contributed by atoms with Crippen LogP contribution in [-0.4, -0.2) is 45.5 Å². The van der Waals surface area contributed by atoms with Crippen LogP contribution in [0, 0.1) is 5.82 Å². The van der Waals surface area contributed by atoms with Gasteiger partial charge >= 0.3 is 12.0 Å². The van der Waals surface area contributed by atoms with Gasteiger partial charge in [0.1, 0.15) is 16.8 Å². The Morgan fingerprint density at radius 2 is 1.88 bits per heavy atom. The number of hydrogen-bond acceptors (Lipinski definition) is 6. The van der Waals surface area contributed by atoms with E-state index in [0.29, 0.717) is 6.54 Å². The van der Waals surface area contributed by atoms with Crippen LogP contribution in [0.3, 0.4) is 0 Å². The third kappa shape index (κ3) is 6.47. The van der Waals surface area contributed by atoms with E-state index in [1.807, 2.05) is 10.0 Å². The van der Waals surface area contributed by atoms with Gasteiger partial charge in [-0.1, -0.05) is 12.1 Å². The molecule has 0 spiro atoms. The van der Waals surface area contributed by atoms with E-state index in [4.69, 9.17) is 0 Å². The minimum Gasteiger partial charge on any atom is -0.454 e. The minimum atomic E-state index is -4.29. The summed E-state index contributed by atoms with van der Waals surface area (Å²) in [6.07, 6.45) is 0. The van der Waals surface area contributed by atoms with E-state index in [2.05, 4.69) is 10.1 Å². The number of hydrogen-bond donors (Lipinski definition) is 3. The number of esters is 1. The molecule has 3 amide bonds. The Hall–Kier alpha value is -2.53. The van der Waals surface area contributed by atoms with Crippen molar-refractivity contribution in [1.29, 1.82) is 0 Å². The summed E-state index contributed by atoms with van der Waals surface area (Å²) >= 11 is 0. The third-order valence-electron chi connectivity index (χ3n) is 2.75. The molecule has 9 nitrogen and oxygen atoms in total. The van der Waals surface area contributed by atoms with Crippen molar-refractivity contribution >= 4 is 27.9 Å². The molecule has 0 unspecified atom stereocenters. The maximum Gasteiger partial charge on any atom is 0.324 e. The maximum atomic E-state index is 13.5. The number of carbonyl (C=O) groups excluding carboxylic acids is 3. The lowest BCUT2D eigenvalue weighted by atomic mass is 10.3. The van der Waals surface area contributed by atoms with Crippen LogP contribution in [0.2, 0.25) is 0 Å². The van der Waals surface area contributed by atoms with Crippen LogP contribution in [0.4, 0.5) is 9.18 Å². The number of halogens is 1. The van der Waals surface area contributed by atoms with Crippen molar-refractivity contribution in [1.82, 2.24) is 15.4 Å². The molecule has 1 aromatic carbocycles. The molecular weight excluding hydrogens is 357 g/mol. The summed E-state index contributed by atoms with van der Waals surface area (Å²) in [6.45, 7) is 2.34. The fourth-order valence-corrected chi connectivity index (χ4v) is 2.91. The lowest BCUT2D eigenvalue weighted by Crippen LogP contribution is -2.43. The predicted molar refractivity (Wildman–Crippen MR) is 84.4 cm³/mol. The first-order valence-corrected chi connectivity index (χ1v) is 8.67. The Morgan fingerprint density at radius 3 is 2.48 bits per heavy atom. The van der Waals surface area contributed by atoms with Crippen LogP contribution >= 0.6 is 0 Å². The molecule has 1 atom stereocenters. The molecule has 0 bridgehead atoms. The molecule has 0 aliphatic rings. The van der Waals surface area contributed by atoms with Gasteiger partial charge in [-0.2, -0.15) is 4.72 Å². The minimum absolute atomic E-state index is 0.299. The Kier molecular flexibility index (Phi) is 7.45. The van der Waals surface area contributed by atoms with Gasteiger partial charge in [0.2, 0.25) is 10.0 Å². The normalized spacial score (nSPS) is 12.1. The maximum absolute atomic E-state index is 13.5. The van der Waals surface area contributed by atoms with Crippen LogP contribution in [0.1, 0.15) is 13.8 Å². The van der Waals surface area contributed by atoms with Crippen LogP contribution in [0.5, 0.6) is 0 Å². The number of amides is 3. The van der Waals surface area contributed by atoms with Crippen molar-refractivity contribution in [2.24, 2.45) is 0 Å². The molecule has 0 heterocycles. The molecule has 0 saturated carbocycles. The summed E-state index contributed by atoms with van der Waals surface area (Å²) in [7, 11) is -4.29. The Balaban J connectivity index is 2.58. The van der Waals surface area contributed by atoms with Gasteiger partial charge < -0.3 is 10.1 Å². The lowest BCUT2D eigenvalue weighted by Gasteiger charge is -2.14. The highest BCUT2D eigenvalue weighted by atomic mass is 32.2. The van der Waals surface area contributed by atoms with Gasteiger partial charge in [0.15, 0.2) is 6.61 Å².